The quantitative estimate of drug-likeness (QED) is 0.199. The monoisotopic (exact) mass is 565 g/mol. The summed E-state index contributed by atoms with van der Waals surface area (Å²) in [7, 11) is 0. The summed E-state index contributed by atoms with van der Waals surface area (Å²) in [6.07, 6.45) is 6.41. The highest BCUT2D eigenvalue weighted by Crippen LogP contribution is 2.46. The molecule has 1 heterocycles. The van der Waals surface area contributed by atoms with Crippen molar-refractivity contribution in [3.05, 3.63) is 169 Å². The van der Waals surface area contributed by atoms with E-state index in [0.29, 0.717) is 0 Å². The van der Waals surface area contributed by atoms with Crippen molar-refractivity contribution >= 4 is 34.1 Å². The van der Waals surface area contributed by atoms with Gasteiger partial charge in [-0.15, -0.1) is 0 Å². The summed E-state index contributed by atoms with van der Waals surface area (Å²) in [4.78, 5) is 2.35. The van der Waals surface area contributed by atoms with Crippen LogP contribution in [0.3, 0.4) is 0 Å². The molecule has 0 unspecified atom stereocenters. The van der Waals surface area contributed by atoms with Gasteiger partial charge in [-0.05, 0) is 70.6 Å². The fraction of sp³-hybridized carbons (Fsp3) is 0.0476. The zero-order valence-electron chi connectivity index (χ0n) is 24.4. The summed E-state index contributed by atoms with van der Waals surface area (Å²) in [6, 6.07) is 54.0. The number of aryl methyl sites for hydroxylation is 1. The van der Waals surface area contributed by atoms with Crippen LogP contribution in [-0.2, 0) is 6.42 Å². The first kappa shape index (κ1) is 26.1. The number of para-hydroxylation sites is 1. The van der Waals surface area contributed by atoms with E-state index in [1.807, 2.05) is 0 Å². The minimum absolute atomic E-state index is 0.931. The number of benzene rings is 6. The maximum Gasteiger partial charge on any atom is 0.144 e. The van der Waals surface area contributed by atoms with E-state index < -0.39 is 0 Å². The molecule has 210 valence electrons. The Morgan fingerprint density at radius 1 is 0.477 bits per heavy atom. The fourth-order valence-corrected chi connectivity index (χ4v) is 6.37. The lowest BCUT2D eigenvalue weighted by atomic mass is 9.96. The molecule has 0 spiro atoms. The van der Waals surface area contributed by atoms with Gasteiger partial charge in [-0.25, -0.2) is 0 Å². The van der Waals surface area contributed by atoms with E-state index in [4.69, 9.17) is 4.42 Å². The maximum absolute atomic E-state index is 6.68. The molecule has 1 aromatic heterocycles. The van der Waals surface area contributed by atoms with Crippen molar-refractivity contribution in [2.75, 3.05) is 4.90 Å². The predicted molar refractivity (Wildman–Crippen MR) is 185 cm³/mol. The van der Waals surface area contributed by atoms with E-state index in [9.17, 15) is 0 Å². The van der Waals surface area contributed by atoms with Gasteiger partial charge in [-0.2, -0.15) is 0 Å². The van der Waals surface area contributed by atoms with Gasteiger partial charge in [0, 0.05) is 34.3 Å². The fourth-order valence-electron chi connectivity index (χ4n) is 6.37. The van der Waals surface area contributed by atoms with Crippen LogP contribution in [0, 0.1) is 0 Å². The Morgan fingerprint density at radius 2 is 1.00 bits per heavy atom. The first-order chi connectivity index (χ1) is 21.8. The molecule has 8 rings (SSSR count). The number of hydrogen-bond acceptors (Lipinski definition) is 2. The largest absolute Gasteiger partial charge is 0.460 e. The highest BCUT2D eigenvalue weighted by atomic mass is 16.3. The molecule has 0 saturated carbocycles. The van der Waals surface area contributed by atoms with Gasteiger partial charge in [0.15, 0.2) is 0 Å². The maximum atomic E-state index is 6.68. The third-order valence-corrected chi connectivity index (χ3v) is 8.54. The number of nitrogens with zero attached hydrogens (tertiary/aromatic N) is 1. The zero-order chi connectivity index (χ0) is 29.3. The van der Waals surface area contributed by atoms with E-state index in [1.165, 1.54) is 33.2 Å². The van der Waals surface area contributed by atoms with Crippen molar-refractivity contribution in [2.24, 2.45) is 0 Å². The minimum Gasteiger partial charge on any atom is -0.460 e. The lowest BCUT2D eigenvalue weighted by Gasteiger charge is -2.28. The molecule has 2 nitrogen and oxygen atoms in total. The number of anilines is 3. The summed E-state index contributed by atoms with van der Waals surface area (Å²) in [5.41, 5.74) is 12.5. The third kappa shape index (κ3) is 4.71. The zero-order valence-corrected chi connectivity index (χ0v) is 24.4. The smallest absolute Gasteiger partial charge is 0.144 e. The van der Waals surface area contributed by atoms with E-state index in [1.54, 1.807) is 0 Å². The Kier molecular flexibility index (Phi) is 6.66. The van der Waals surface area contributed by atoms with Crippen molar-refractivity contribution in [3.8, 4) is 33.4 Å². The topological polar surface area (TPSA) is 16.4 Å². The molecular formula is C42H31NO. The Balaban J connectivity index is 1.25. The second-order valence-electron chi connectivity index (χ2n) is 11.2. The standard InChI is InChI=1S/C42H31NO/c1-4-12-30(13-5-1)31-20-22-32(23-21-31)33-24-26-36(27-25-33)43(35-16-8-3-9-17-35)39-29-28-38-37-18-10-11-19-40(37)44-42(38)41(39)34-14-6-2-7-15-34/h1-10,12-18,20-29H,11,19H2. The van der Waals surface area contributed by atoms with Crippen LogP contribution in [0.4, 0.5) is 17.1 Å². The molecule has 0 atom stereocenters. The van der Waals surface area contributed by atoms with Gasteiger partial charge in [0.2, 0.25) is 0 Å². The van der Waals surface area contributed by atoms with Crippen LogP contribution < -0.4 is 4.90 Å². The number of rotatable bonds is 6. The highest BCUT2D eigenvalue weighted by Gasteiger charge is 2.24. The van der Waals surface area contributed by atoms with Gasteiger partial charge in [0.25, 0.3) is 0 Å². The summed E-state index contributed by atoms with van der Waals surface area (Å²) in [5.74, 6) is 1.07. The van der Waals surface area contributed by atoms with Crippen molar-refractivity contribution in [1.29, 1.82) is 0 Å². The number of allylic oxidation sites excluding steroid dienone is 1. The Bertz CT molecular complexity index is 2070. The van der Waals surface area contributed by atoms with Crippen LogP contribution in [0.2, 0.25) is 0 Å². The average molecular weight is 566 g/mol. The molecule has 7 aromatic rings. The van der Waals surface area contributed by atoms with E-state index in [-0.39, 0.29) is 0 Å². The molecule has 1 aliphatic carbocycles. The third-order valence-electron chi connectivity index (χ3n) is 8.54. The summed E-state index contributed by atoms with van der Waals surface area (Å²) in [6.45, 7) is 0. The second-order valence-corrected chi connectivity index (χ2v) is 11.2. The van der Waals surface area contributed by atoms with Crippen LogP contribution in [0.15, 0.2) is 162 Å². The molecule has 0 aliphatic heterocycles. The molecule has 0 fully saturated rings. The molecule has 2 heteroatoms. The van der Waals surface area contributed by atoms with Gasteiger partial charge in [-0.3, -0.25) is 0 Å². The van der Waals surface area contributed by atoms with E-state index >= 15 is 0 Å². The summed E-state index contributed by atoms with van der Waals surface area (Å²) < 4.78 is 6.68. The highest BCUT2D eigenvalue weighted by molar-refractivity contribution is 6.05. The van der Waals surface area contributed by atoms with E-state index in [0.717, 1.165) is 52.4 Å². The van der Waals surface area contributed by atoms with Crippen LogP contribution >= 0.6 is 0 Å². The van der Waals surface area contributed by atoms with Crippen LogP contribution in [-0.4, -0.2) is 0 Å². The molecule has 0 N–H and O–H groups in total. The second kappa shape index (κ2) is 11.2. The molecule has 44 heavy (non-hydrogen) atoms. The Labute approximate surface area is 258 Å². The average Bonchev–Trinajstić information content (AvgIpc) is 3.49. The van der Waals surface area contributed by atoms with Crippen molar-refractivity contribution < 1.29 is 4.42 Å². The first-order valence-corrected chi connectivity index (χ1v) is 15.2. The summed E-state index contributed by atoms with van der Waals surface area (Å²) >= 11 is 0. The van der Waals surface area contributed by atoms with Crippen LogP contribution in [0.1, 0.15) is 17.7 Å². The minimum atomic E-state index is 0.931. The van der Waals surface area contributed by atoms with E-state index in [2.05, 4.69) is 169 Å². The number of hydrogen-bond donors (Lipinski definition) is 0. The first-order valence-electron chi connectivity index (χ1n) is 15.2. The van der Waals surface area contributed by atoms with Crippen molar-refractivity contribution in [2.45, 2.75) is 12.8 Å². The van der Waals surface area contributed by atoms with Crippen LogP contribution in [0.25, 0.3) is 50.4 Å². The van der Waals surface area contributed by atoms with Crippen molar-refractivity contribution in [3.63, 3.8) is 0 Å². The Morgan fingerprint density at radius 3 is 1.64 bits per heavy atom. The number of fused-ring (bicyclic) bond motifs is 3. The normalized spacial score (nSPS) is 12.3. The van der Waals surface area contributed by atoms with Crippen LogP contribution in [0.5, 0.6) is 0 Å². The molecule has 0 radical (unpaired) electrons. The molecular weight excluding hydrogens is 534 g/mol. The summed E-state index contributed by atoms with van der Waals surface area (Å²) in [5, 5.41) is 1.17. The lowest BCUT2D eigenvalue weighted by molar-refractivity contribution is 0.547. The van der Waals surface area contributed by atoms with Gasteiger partial charge in [-0.1, -0.05) is 127 Å². The Hall–Kier alpha value is -5.60. The SMILES string of the molecule is C1=Cc2c(oc3c(-c4ccccc4)c(N(c4ccccc4)c4ccc(-c5ccc(-c6ccccc6)cc5)cc4)ccc23)CC1. The molecule has 0 saturated heterocycles. The van der Waals surface area contributed by atoms with Gasteiger partial charge >= 0.3 is 0 Å². The van der Waals surface area contributed by atoms with Gasteiger partial charge in [0.1, 0.15) is 11.3 Å². The number of furan rings is 1. The lowest BCUT2D eigenvalue weighted by Crippen LogP contribution is -2.11. The molecule has 0 amide bonds. The predicted octanol–water partition coefficient (Wildman–Crippen LogP) is 11.9. The van der Waals surface area contributed by atoms with Gasteiger partial charge in [0.05, 0.1) is 5.69 Å². The van der Waals surface area contributed by atoms with Crippen molar-refractivity contribution in [1.82, 2.24) is 0 Å². The molecule has 6 aromatic carbocycles. The molecule has 0 bridgehead atoms. The molecule has 1 aliphatic rings. The van der Waals surface area contributed by atoms with Gasteiger partial charge < -0.3 is 9.32 Å².